The molecular formula is C11H16N2O3S. The van der Waals surface area contributed by atoms with E-state index in [0.717, 1.165) is 18.5 Å². The Morgan fingerprint density at radius 2 is 2.41 bits per heavy atom. The Hall–Kier alpha value is -0.850. The Labute approximate surface area is 104 Å². The molecule has 1 aliphatic heterocycles. The second-order valence-electron chi connectivity index (χ2n) is 4.07. The number of aliphatic hydroxyl groups excluding tert-OH is 1. The van der Waals surface area contributed by atoms with Crippen molar-refractivity contribution < 1.29 is 9.84 Å². The van der Waals surface area contributed by atoms with Gasteiger partial charge in [0.25, 0.3) is 5.56 Å². The molecule has 0 spiro atoms. The van der Waals surface area contributed by atoms with Crippen molar-refractivity contribution in [3.63, 3.8) is 0 Å². The molecular weight excluding hydrogens is 240 g/mol. The molecule has 0 aromatic carbocycles. The summed E-state index contributed by atoms with van der Waals surface area (Å²) in [4.78, 5) is 15.3. The van der Waals surface area contributed by atoms with E-state index in [0.29, 0.717) is 5.16 Å². The third-order valence-corrected chi connectivity index (χ3v) is 3.54. The summed E-state index contributed by atoms with van der Waals surface area (Å²) in [7, 11) is 0. The van der Waals surface area contributed by atoms with Crippen molar-refractivity contribution in [2.24, 2.45) is 0 Å². The van der Waals surface area contributed by atoms with Crippen LogP contribution in [-0.2, 0) is 4.74 Å². The lowest BCUT2D eigenvalue weighted by Crippen LogP contribution is -2.21. The van der Waals surface area contributed by atoms with Gasteiger partial charge in [-0.1, -0.05) is 11.8 Å². The van der Waals surface area contributed by atoms with Crippen LogP contribution in [0.3, 0.4) is 0 Å². The number of thioether (sulfide) groups is 1. The maximum Gasteiger partial charge on any atom is 0.273 e. The summed E-state index contributed by atoms with van der Waals surface area (Å²) in [5, 5.41) is 9.73. The van der Waals surface area contributed by atoms with E-state index in [1.165, 1.54) is 17.8 Å². The lowest BCUT2D eigenvalue weighted by atomic mass is 10.2. The van der Waals surface area contributed by atoms with E-state index in [9.17, 15) is 4.79 Å². The van der Waals surface area contributed by atoms with Gasteiger partial charge in [-0.05, 0) is 26.0 Å². The first-order chi connectivity index (χ1) is 8.15. The molecule has 0 amide bonds. The monoisotopic (exact) mass is 256 g/mol. The lowest BCUT2D eigenvalue weighted by Gasteiger charge is -2.20. The molecule has 6 heteroatoms. The Morgan fingerprint density at radius 3 is 3.00 bits per heavy atom. The maximum absolute atomic E-state index is 11.3. The molecule has 1 N–H and O–H groups in total. The molecule has 2 rings (SSSR count). The van der Waals surface area contributed by atoms with Crippen molar-refractivity contribution in [2.45, 2.75) is 37.3 Å². The number of aliphatic hydroxyl groups is 1. The molecule has 1 aliphatic rings. The zero-order valence-electron chi connectivity index (χ0n) is 9.92. The van der Waals surface area contributed by atoms with Crippen molar-refractivity contribution in [2.75, 3.05) is 12.9 Å². The second kappa shape index (κ2) is 5.20. The van der Waals surface area contributed by atoms with Gasteiger partial charge in [0, 0.05) is 11.8 Å². The summed E-state index contributed by atoms with van der Waals surface area (Å²) in [5.41, 5.74) is 0.623. The van der Waals surface area contributed by atoms with Crippen molar-refractivity contribution >= 4 is 11.8 Å². The Kier molecular flexibility index (Phi) is 3.86. The van der Waals surface area contributed by atoms with Crippen LogP contribution in [0.5, 0.6) is 0 Å². The minimum Gasteiger partial charge on any atom is -0.394 e. The number of nitrogens with zero attached hydrogens (tertiary/aromatic N) is 2. The first-order valence-corrected chi connectivity index (χ1v) is 6.78. The first-order valence-electron chi connectivity index (χ1n) is 5.56. The van der Waals surface area contributed by atoms with Crippen LogP contribution in [-0.4, -0.2) is 33.6 Å². The van der Waals surface area contributed by atoms with Gasteiger partial charge < -0.3 is 9.84 Å². The highest BCUT2D eigenvalue weighted by Gasteiger charge is 2.28. The van der Waals surface area contributed by atoms with Gasteiger partial charge in [0.2, 0.25) is 0 Å². The summed E-state index contributed by atoms with van der Waals surface area (Å²) in [6.07, 6.45) is 3.33. The summed E-state index contributed by atoms with van der Waals surface area (Å²) in [5.74, 6) is 0. The molecule has 1 aromatic rings. The highest BCUT2D eigenvalue weighted by molar-refractivity contribution is 7.98. The van der Waals surface area contributed by atoms with Crippen LogP contribution in [0.4, 0.5) is 0 Å². The van der Waals surface area contributed by atoms with Gasteiger partial charge in [0.05, 0.1) is 12.7 Å². The van der Waals surface area contributed by atoms with Gasteiger partial charge >= 0.3 is 0 Å². The van der Waals surface area contributed by atoms with Crippen LogP contribution < -0.4 is 5.56 Å². The Balaban J connectivity index is 2.35. The Morgan fingerprint density at radius 1 is 1.65 bits per heavy atom. The molecule has 2 heterocycles. The summed E-state index contributed by atoms with van der Waals surface area (Å²) >= 11 is 1.43. The van der Waals surface area contributed by atoms with Gasteiger partial charge in [-0.15, -0.1) is 0 Å². The highest BCUT2D eigenvalue weighted by atomic mass is 32.2. The summed E-state index contributed by atoms with van der Waals surface area (Å²) < 4.78 is 7.65. The quantitative estimate of drug-likeness (QED) is 0.644. The molecule has 17 heavy (non-hydrogen) atoms. The van der Waals surface area contributed by atoms with Crippen molar-refractivity contribution in [3.05, 3.63) is 22.1 Å². The standard InChI is InChI=1S/C11H16N2O3S/c1-7-5-9(15)12-11(17-2)13(7)10-4-3-8(6-14)16-10/h5,8,10,14H,3-4,6H2,1-2H3/t8-,10+/m0/s1. The van der Waals surface area contributed by atoms with E-state index >= 15 is 0 Å². The Bertz CT molecular complexity index is 461. The SMILES string of the molecule is CSc1nc(=O)cc(C)n1[C@H]1CC[C@@H](CO)O1. The van der Waals surface area contributed by atoms with Crippen molar-refractivity contribution in [1.82, 2.24) is 9.55 Å². The van der Waals surface area contributed by atoms with Gasteiger partial charge in [-0.3, -0.25) is 9.36 Å². The fourth-order valence-electron chi connectivity index (χ4n) is 2.08. The molecule has 0 saturated carbocycles. The molecule has 1 saturated heterocycles. The maximum atomic E-state index is 11.3. The molecule has 94 valence electrons. The zero-order valence-corrected chi connectivity index (χ0v) is 10.7. The molecule has 2 atom stereocenters. The molecule has 5 nitrogen and oxygen atoms in total. The average molecular weight is 256 g/mol. The molecule has 1 fully saturated rings. The fraction of sp³-hybridized carbons (Fsp3) is 0.636. The third kappa shape index (κ3) is 2.53. The lowest BCUT2D eigenvalue weighted by molar-refractivity contribution is -0.0282. The van der Waals surface area contributed by atoms with Crippen molar-refractivity contribution in [1.29, 1.82) is 0 Å². The van der Waals surface area contributed by atoms with Crippen LogP contribution in [0.25, 0.3) is 0 Å². The van der Waals surface area contributed by atoms with Gasteiger partial charge in [0.15, 0.2) is 5.16 Å². The number of rotatable bonds is 3. The van der Waals surface area contributed by atoms with Crippen LogP contribution in [0, 0.1) is 6.92 Å². The van der Waals surface area contributed by atoms with E-state index in [1.807, 2.05) is 17.7 Å². The normalized spacial score (nSPS) is 24.2. The fourth-order valence-corrected chi connectivity index (χ4v) is 2.72. The smallest absolute Gasteiger partial charge is 0.273 e. The first kappa shape index (κ1) is 12.6. The second-order valence-corrected chi connectivity index (χ2v) is 4.84. The average Bonchev–Trinajstić information content (AvgIpc) is 2.76. The number of aryl methyl sites for hydroxylation is 1. The van der Waals surface area contributed by atoms with E-state index < -0.39 is 0 Å². The van der Waals surface area contributed by atoms with E-state index in [-0.39, 0.29) is 24.5 Å². The molecule has 0 aliphatic carbocycles. The van der Waals surface area contributed by atoms with Gasteiger partial charge in [-0.2, -0.15) is 4.98 Å². The largest absolute Gasteiger partial charge is 0.394 e. The van der Waals surface area contributed by atoms with E-state index in [4.69, 9.17) is 9.84 Å². The summed E-state index contributed by atoms with van der Waals surface area (Å²) in [6, 6.07) is 1.51. The van der Waals surface area contributed by atoms with Crippen LogP contribution in [0.2, 0.25) is 0 Å². The zero-order chi connectivity index (χ0) is 12.4. The molecule has 0 unspecified atom stereocenters. The minimum absolute atomic E-state index is 0.0395. The molecule has 1 aromatic heterocycles. The topological polar surface area (TPSA) is 64.4 Å². The van der Waals surface area contributed by atoms with Gasteiger partial charge in [-0.25, -0.2) is 0 Å². The predicted octanol–water partition coefficient (Wildman–Crippen LogP) is 0.944. The van der Waals surface area contributed by atoms with Crippen LogP contribution in [0.15, 0.2) is 16.0 Å². The number of ether oxygens (including phenoxy) is 1. The van der Waals surface area contributed by atoms with Crippen LogP contribution >= 0.6 is 11.8 Å². The number of hydrogen-bond donors (Lipinski definition) is 1. The number of hydrogen-bond acceptors (Lipinski definition) is 5. The summed E-state index contributed by atoms with van der Waals surface area (Å²) in [6.45, 7) is 1.91. The molecule has 0 bridgehead atoms. The van der Waals surface area contributed by atoms with E-state index in [2.05, 4.69) is 4.98 Å². The number of aromatic nitrogens is 2. The third-order valence-electron chi connectivity index (χ3n) is 2.88. The van der Waals surface area contributed by atoms with Gasteiger partial charge in [0.1, 0.15) is 6.23 Å². The van der Waals surface area contributed by atoms with Crippen molar-refractivity contribution in [3.8, 4) is 0 Å². The van der Waals surface area contributed by atoms with E-state index in [1.54, 1.807) is 0 Å². The predicted molar refractivity (Wildman–Crippen MR) is 65.2 cm³/mol. The molecule has 0 radical (unpaired) electrons. The highest BCUT2D eigenvalue weighted by Crippen LogP contribution is 2.31. The minimum atomic E-state index is -0.222. The van der Waals surface area contributed by atoms with Crippen LogP contribution in [0.1, 0.15) is 24.8 Å².